The third-order valence-electron chi connectivity index (χ3n) is 2.81. The Labute approximate surface area is 120 Å². The van der Waals surface area contributed by atoms with Crippen molar-refractivity contribution in [2.75, 3.05) is 0 Å². The van der Waals surface area contributed by atoms with Gasteiger partial charge in [0.1, 0.15) is 15.7 Å². The van der Waals surface area contributed by atoms with Crippen molar-refractivity contribution in [3.05, 3.63) is 16.8 Å². The average Bonchev–Trinajstić information content (AvgIpc) is 2.78. The van der Waals surface area contributed by atoms with Gasteiger partial charge in [-0.25, -0.2) is 9.97 Å². The predicted molar refractivity (Wildman–Crippen MR) is 80.7 cm³/mol. The van der Waals surface area contributed by atoms with Crippen molar-refractivity contribution in [3.63, 3.8) is 0 Å². The molecule has 0 fully saturated rings. The predicted octanol–water partition coefficient (Wildman–Crippen LogP) is 2.92. The van der Waals surface area contributed by atoms with Crippen molar-refractivity contribution in [3.8, 4) is 0 Å². The first kappa shape index (κ1) is 14.3. The van der Waals surface area contributed by atoms with Crippen LogP contribution in [0.5, 0.6) is 0 Å². The summed E-state index contributed by atoms with van der Waals surface area (Å²) in [6, 6.07) is 2.12. The van der Waals surface area contributed by atoms with Gasteiger partial charge in [0.15, 0.2) is 0 Å². The maximum Gasteiger partial charge on any atom is 0.230 e. The van der Waals surface area contributed by atoms with Gasteiger partial charge in [-0.05, 0) is 25.8 Å². The minimum atomic E-state index is -0.289. The molecule has 2 aromatic rings. The summed E-state index contributed by atoms with van der Waals surface area (Å²) in [7, 11) is 0. The molecule has 102 valence electrons. The van der Waals surface area contributed by atoms with E-state index >= 15 is 0 Å². The van der Waals surface area contributed by atoms with E-state index < -0.39 is 0 Å². The molecule has 1 atom stereocenters. The van der Waals surface area contributed by atoms with Crippen LogP contribution in [0.2, 0.25) is 0 Å². The summed E-state index contributed by atoms with van der Waals surface area (Å²) in [4.78, 5) is 22.6. The van der Waals surface area contributed by atoms with E-state index in [2.05, 4.69) is 23.0 Å². The molecule has 0 bridgehead atoms. The maximum atomic E-state index is 11.4. The van der Waals surface area contributed by atoms with E-state index in [1.807, 2.05) is 13.8 Å². The van der Waals surface area contributed by atoms with Crippen LogP contribution < -0.4 is 5.73 Å². The first-order valence-electron chi connectivity index (χ1n) is 6.28. The van der Waals surface area contributed by atoms with E-state index in [9.17, 15) is 4.79 Å². The second kappa shape index (κ2) is 5.88. The number of aromatic nitrogens is 2. The highest BCUT2D eigenvalue weighted by Crippen LogP contribution is 2.34. The first-order chi connectivity index (χ1) is 9.05. The van der Waals surface area contributed by atoms with E-state index in [1.165, 1.54) is 16.6 Å². The van der Waals surface area contributed by atoms with Gasteiger partial charge in [0.2, 0.25) is 5.91 Å². The van der Waals surface area contributed by atoms with Gasteiger partial charge in [0, 0.05) is 10.3 Å². The summed E-state index contributed by atoms with van der Waals surface area (Å²) >= 11 is 3.13. The number of amides is 1. The molecular formula is C13H17N3OS2. The number of hydrogen-bond donors (Lipinski definition) is 1. The average molecular weight is 295 g/mol. The van der Waals surface area contributed by atoms with Gasteiger partial charge in [-0.3, -0.25) is 4.79 Å². The first-order valence-corrected chi connectivity index (χ1v) is 7.97. The monoisotopic (exact) mass is 295 g/mol. The number of carbonyl (C=O) groups excluding carboxylic acids is 1. The molecule has 0 saturated carbocycles. The summed E-state index contributed by atoms with van der Waals surface area (Å²) < 4.78 is 0. The lowest BCUT2D eigenvalue weighted by molar-refractivity contribution is -0.117. The van der Waals surface area contributed by atoms with E-state index in [-0.39, 0.29) is 11.2 Å². The van der Waals surface area contributed by atoms with Crippen LogP contribution in [0.25, 0.3) is 10.2 Å². The zero-order valence-corrected chi connectivity index (χ0v) is 12.9. The van der Waals surface area contributed by atoms with E-state index in [0.717, 1.165) is 27.5 Å². The Morgan fingerprint density at radius 2 is 2.21 bits per heavy atom. The van der Waals surface area contributed by atoms with Crippen LogP contribution in [0.1, 0.15) is 31.0 Å². The Balaban J connectivity index is 2.46. The number of carbonyl (C=O) groups is 1. The van der Waals surface area contributed by atoms with Gasteiger partial charge in [-0.2, -0.15) is 0 Å². The number of hydrogen-bond acceptors (Lipinski definition) is 5. The van der Waals surface area contributed by atoms with Crippen LogP contribution in [0, 0.1) is 6.92 Å². The fraction of sp³-hybridized carbons (Fsp3) is 0.462. The number of nitrogens with two attached hydrogens (primary N) is 1. The summed E-state index contributed by atoms with van der Waals surface area (Å²) in [6.07, 6.45) is 1.69. The van der Waals surface area contributed by atoms with Crippen molar-refractivity contribution < 1.29 is 4.79 Å². The van der Waals surface area contributed by atoms with E-state index in [0.29, 0.717) is 6.42 Å². The summed E-state index contributed by atoms with van der Waals surface area (Å²) in [5.41, 5.74) is 5.41. The minimum absolute atomic E-state index is 0.234. The molecule has 2 heterocycles. The highest BCUT2D eigenvalue weighted by atomic mass is 32.2. The molecule has 2 aromatic heterocycles. The standard InChI is InChI=1S/C13H17N3OS2/c1-4-8-6-9-12(18-8)15-7(3)16-13(9)19-10(5-2)11(14)17/h6,10H,4-5H2,1-3H3,(H2,14,17). The SMILES string of the molecule is CCc1cc2c(SC(CC)C(N)=O)nc(C)nc2s1. The van der Waals surface area contributed by atoms with E-state index in [1.54, 1.807) is 11.3 Å². The van der Waals surface area contributed by atoms with Crippen molar-refractivity contribution in [2.45, 2.75) is 43.9 Å². The molecule has 2 rings (SSSR count). The highest BCUT2D eigenvalue weighted by molar-refractivity contribution is 8.00. The molecule has 0 aliphatic rings. The Hall–Kier alpha value is -1.14. The molecule has 0 saturated heterocycles. The Bertz CT molecular complexity index is 609. The van der Waals surface area contributed by atoms with Gasteiger partial charge in [0.25, 0.3) is 0 Å². The number of primary amides is 1. The number of thioether (sulfide) groups is 1. The van der Waals surface area contributed by atoms with Gasteiger partial charge >= 0.3 is 0 Å². The van der Waals surface area contributed by atoms with Crippen molar-refractivity contribution in [1.29, 1.82) is 0 Å². The molecule has 0 aliphatic carbocycles. The maximum absolute atomic E-state index is 11.4. The van der Waals surface area contributed by atoms with Gasteiger partial charge in [-0.1, -0.05) is 25.6 Å². The second-order valence-electron chi connectivity index (χ2n) is 4.28. The van der Waals surface area contributed by atoms with Crippen LogP contribution in [-0.2, 0) is 11.2 Å². The van der Waals surface area contributed by atoms with Gasteiger partial charge in [-0.15, -0.1) is 11.3 Å². The summed E-state index contributed by atoms with van der Waals surface area (Å²) in [5, 5.41) is 1.67. The molecule has 1 unspecified atom stereocenters. The highest BCUT2D eigenvalue weighted by Gasteiger charge is 2.18. The lowest BCUT2D eigenvalue weighted by atomic mass is 10.3. The molecule has 4 nitrogen and oxygen atoms in total. The summed E-state index contributed by atoms with van der Waals surface area (Å²) in [6.45, 7) is 5.95. The Morgan fingerprint density at radius 1 is 1.47 bits per heavy atom. The molecular weight excluding hydrogens is 278 g/mol. The third kappa shape index (κ3) is 3.06. The molecule has 0 aromatic carbocycles. The summed E-state index contributed by atoms with van der Waals surface area (Å²) in [5.74, 6) is 0.446. The Morgan fingerprint density at radius 3 is 2.79 bits per heavy atom. The van der Waals surface area contributed by atoms with Gasteiger partial charge < -0.3 is 5.73 Å². The Kier molecular flexibility index (Phi) is 4.42. The normalized spacial score (nSPS) is 12.8. The lowest BCUT2D eigenvalue weighted by Gasteiger charge is -2.10. The zero-order valence-electron chi connectivity index (χ0n) is 11.3. The van der Waals surface area contributed by atoms with Crippen molar-refractivity contribution >= 4 is 39.2 Å². The zero-order chi connectivity index (χ0) is 14.0. The molecule has 19 heavy (non-hydrogen) atoms. The number of fused-ring (bicyclic) bond motifs is 1. The van der Waals surface area contributed by atoms with Crippen LogP contribution in [-0.4, -0.2) is 21.1 Å². The lowest BCUT2D eigenvalue weighted by Crippen LogP contribution is -2.25. The molecule has 0 radical (unpaired) electrons. The van der Waals surface area contributed by atoms with Crippen molar-refractivity contribution in [1.82, 2.24) is 9.97 Å². The largest absolute Gasteiger partial charge is 0.369 e. The number of aryl methyl sites for hydroxylation is 2. The number of thiophene rings is 1. The molecule has 0 aliphatic heterocycles. The molecule has 0 spiro atoms. The fourth-order valence-corrected chi connectivity index (χ4v) is 3.89. The molecule has 6 heteroatoms. The van der Waals surface area contributed by atoms with E-state index in [4.69, 9.17) is 5.73 Å². The minimum Gasteiger partial charge on any atom is -0.369 e. The van der Waals surface area contributed by atoms with Crippen LogP contribution in [0.15, 0.2) is 11.1 Å². The smallest absolute Gasteiger partial charge is 0.230 e. The third-order valence-corrected chi connectivity index (χ3v) is 5.37. The second-order valence-corrected chi connectivity index (χ2v) is 6.58. The quantitative estimate of drug-likeness (QED) is 0.680. The van der Waals surface area contributed by atoms with Gasteiger partial charge in [0.05, 0.1) is 5.25 Å². The molecule has 1 amide bonds. The number of nitrogens with zero attached hydrogens (tertiary/aromatic N) is 2. The van der Waals surface area contributed by atoms with Crippen LogP contribution in [0.4, 0.5) is 0 Å². The van der Waals surface area contributed by atoms with Crippen molar-refractivity contribution in [2.24, 2.45) is 5.73 Å². The fourth-order valence-electron chi connectivity index (χ4n) is 1.79. The van der Waals surface area contributed by atoms with Crippen LogP contribution >= 0.6 is 23.1 Å². The number of rotatable bonds is 5. The van der Waals surface area contributed by atoms with Crippen LogP contribution in [0.3, 0.4) is 0 Å². The topological polar surface area (TPSA) is 68.9 Å². The molecule has 2 N–H and O–H groups in total.